The fourth-order valence-corrected chi connectivity index (χ4v) is 3.87. The van der Waals surface area contributed by atoms with Crippen LogP contribution in [0.5, 0.6) is 0 Å². The van der Waals surface area contributed by atoms with Gasteiger partial charge in [-0.05, 0) is 24.6 Å². The molecule has 5 nitrogen and oxygen atoms in total. The van der Waals surface area contributed by atoms with Gasteiger partial charge in [0.15, 0.2) is 0 Å². The van der Waals surface area contributed by atoms with Crippen molar-refractivity contribution in [1.29, 1.82) is 0 Å². The van der Waals surface area contributed by atoms with E-state index in [9.17, 15) is 4.79 Å². The first-order valence-corrected chi connectivity index (χ1v) is 9.61. The topological polar surface area (TPSA) is 58.7 Å². The largest absolute Gasteiger partial charge is 0.360 e. The van der Waals surface area contributed by atoms with Crippen LogP contribution in [-0.4, -0.2) is 34.9 Å². The van der Waals surface area contributed by atoms with E-state index >= 15 is 0 Å². The van der Waals surface area contributed by atoms with Crippen molar-refractivity contribution >= 4 is 34.9 Å². The van der Waals surface area contributed by atoms with Crippen LogP contribution in [0.25, 0.3) is 11.3 Å². The molecule has 0 radical (unpaired) electrons. The molecule has 0 N–H and O–H groups in total. The number of aromatic nitrogens is 1. The van der Waals surface area contributed by atoms with E-state index in [0.717, 1.165) is 11.4 Å². The number of aliphatic imine (C=N–C) groups is 1. The van der Waals surface area contributed by atoms with Crippen molar-refractivity contribution in [3.8, 4) is 11.3 Å². The van der Waals surface area contributed by atoms with Crippen LogP contribution in [-0.2, 0) is 6.42 Å². The maximum Gasteiger partial charge on any atom is 0.265 e. The minimum Gasteiger partial charge on any atom is -0.360 e. The molecule has 0 unspecified atom stereocenters. The summed E-state index contributed by atoms with van der Waals surface area (Å²) in [6.07, 6.45) is 0.582. The Morgan fingerprint density at radius 2 is 1.82 bits per heavy atom. The Labute approximate surface area is 172 Å². The molecule has 142 valence electrons. The SMILES string of the molecule is Cc1onc(-c2c(Cl)cccc2Cl)c1C(=O)N1CCN=C1Cc1ccccc1. The van der Waals surface area contributed by atoms with E-state index in [1.54, 1.807) is 30.0 Å². The van der Waals surface area contributed by atoms with Gasteiger partial charge in [0.25, 0.3) is 5.91 Å². The third kappa shape index (κ3) is 3.43. The summed E-state index contributed by atoms with van der Waals surface area (Å²) < 4.78 is 5.34. The fourth-order valence-electron chi connectivity index (χ4n) is 3.30. The fraction of sp³-hybridized carbons (Fsp3) is 0.190. The minimum absolute atomic E-state index is 0.211. The molecule has 7 heteroatoms. The predicted molar refractivity (Wildman–Crippen MR) is 110 cm³/mol. The van der Waals surface area contributed by atoms with Gasteiger partial charge in [0.1, 0.15) is 22.9 Å². The van der Waals surface area contributed by atoms with Gasteiger partial charge in [0.05, 0.1) is 16.6 Å². The molecule has 0 saturated carbocycles. The van der Waals surface area contributed by atoms with E-state index in [1.807, 2.05) is 30.3 Å². The minimum atomic E-state index is -0.211. The number of nitrogens with zero attached hydrogens (tertiary/aromatic N) is 3. The van der Waals surface area contributed by atoms with Crippen LogP contribution in [0.4, 0.5) is 0 Å². The van der Waals surface area contributed by atoms with E-state index in [4.69, 9.17) is 27.7 Å². The molecule has 1 amide bonds. The Kier molecular flexibility index (Phi) is 5.20. The zero-order chi connectivity index (χ0) is 19.7. The number of amides is 1. The lowest BCUT2D eigenvalue weighted by molar-refractivity contribution is 0.0855. The normalized spacial score (nSPS) is 13.7. The molecule has 3 aromatic rings. The van der Waals surface area contributed by atoms with E-state index in [0.29, 0.717) is 52.1 Å². The molecule has 0 fully saturated rings. The Morgan fingerprint density at radius 1 is 1.11 bits per heavy atom. The third-order valence-corrected chi connectivity index (χ3v) is 5.29. The molecular formula is C21H17Cl2N3O2. The van der Waals surface area contributed by atoms with Crippen molar-refractivity contribution in [3.63, 3.8) is 0 Å². The second-order valence-corrected chi connectivity index (χ2v) is 7.29. The first kappa shape index (κ1) is 18.7. The maximum atomic E-state index is 13.4. The molecule has 2 aromatic carbocycles. The molecule has 0 spiro atoms. The van der Waals surface area contributed by atoms with E-state index in [2.05, 4.69) is 10.1 Å². The summed E-state index contributed by atoms with van der Waals surface area (Å²) in [5.74, 6) is 0.937. The Bertz CT molecular complexity index is 1040. The van der Waals surface area contributed by atoms with Crippen molar-refractivity contribution in [2.24, 2.45) is 4.99 Å². The van der Waals surface area contributed by atoms with Gasteiger partial charge in [-0.2, -0.15) is 0 Å². The highest BCUT2D eigenvalue weighted by Gasteiger charge is 2.32. The van der Waals surface area contributed by atoms with E-state index in [-0.39, 0.29) is 5.91 Å². The summed E-state index contributed by atoms with van der Waals surface area (Å²) >= 11 is 12.7. The summed E-state index contributed by atoms with van der Waals surface area (Å²) in [6.45, 7) is 2.79. The van der Waals surface area contributed by atoms with Crippen LogP contribution in [0.15, 0.2) is 58.0 Å². The first-order valence-electron chi connectivity index (χ1n) is 8.86. The van der Waals surface area contributed by atoms with Gasteiger partial charge in [-0.15, -0.1) is 0 Å². The second kappa shape index (κ2) is 7.78. The van der Waals surface area contributed by atoms with Crippen LogP contribution in [0.2, 0.25) is 10.0 Å². The summed E-state index contributed by atoms with van der Waals surface area (Å²) in [5, 5.41) is 4.90. The highest BCUT2D eigenvalue weighted by Crippen LogP contribution is 2.37. The quantitative estimate of drug-likeness (QED) is 0.600. The predicted octanol–water partition coefficient (Wildman–Crippen LogP) is 5.05. The Morgan fingerprint density at radius 3 is 2.54 bits per heavy atom. The molecule has 0 saturated heterocycles. The molecule has 28 heavy (non-hydrogen) atoms. The van der Waals surface area contributed by atoms with Gasteiger partial charge < -0.3 is 4.52 Å². The van der Waals surface area contributed by atoms with E-state index < -0.39 is 0 Å². The zero-order valence-electron chi connectivity index (χ0n) is 15.2. The molecular weight excluding hydrogens is 397 g/mol. The number of halogens is 2. The van der Waals surface area contributed by atoms with Gasteiger partial charge in [0, 0.05) is 18.5 Å². The van der Waals surface area contributed by atoms with Crippen molar-refractivity contribution in [3.05, 3.63) is 75.5 Å². The lowest BCUT2D eigenvalue weighted by Crippen LogP contribution is -2.35. The highest BCUT2D eigenvalue weighted by atomic mass is 35.5. The summed E-state index contributed by atoms with van der Waals surface area (Å²) in [5.41, 5.74) is 2.30. The van der Waals surface area contributed by atoms with Gasteiger partial charge in [-0.1, -0.05) is 64.8 Å². The van der Waals surface area contributed by atoms with Gasteiger partial charge in [-0.25, -0.2) is 0 Å². The molecule has 1 aromatic heterocycles. The maximum absolute atomic E-state index is 13.4. The average Bonchev–Trinajstić information content (AvgIpc) is 3.29. The first-order chi connectivity index (χ1) is 13.6. The molecule has 0 aliphatic carbocycles. The molecule has 4 rings (SSSR count). The van der Waals surface area contributed by atoms with Crippen LogP contribution in [0.3, 0.4) is 0 Å². The monoisotopic (exact) mass is 413 g/mol. The standard InChI is InChI=1S/C21H17Cl2N3O2/c1-13-18(20(25-28-13)19-15(22)8-5-9-16(19)23)21(27)26-11-10-24-17(26)12-14-6-3-2-4-7-14/h2-9H,10-12H2,1H3. The smallest absolute Gasteiger partial charge is 0.265 e. The van der Waals surface area contributed by atoms with Crippen LogP contribution < -0.4 is 0 Å². The molecule has 1 aliphatic heterocycles. The van der Waals surface area contributed by atoms with E-state index in [1.165, 1.54) is 0 Å². The number of carbonyl (C=O) groups excluding carboxylic acids is 1. The molecule has 0 atom stereocenters. The second-order valence-electron chi connectivity index (χ2n) is 6.48. The number of hydrogen-bond donors (Lipinski definition) is 0. The van der Waals surface area contributed by atoms with Crippen molar-refractivity contribution in [2.75, 3.05) is 13.1 Å². The lowest BCUT2D eigenvalue weighted by atomic mass is 10.0. The van der Waals surface area contributed by atoms with Crippen molar-refractivity contribution in [1.82, 2.24) is 10.1 Å². The Balaban J connectivity index is 1.69. The lowest BCUT2D eigenvalue weighted by Gasteiger charge is -2.19. The Hall–Kier alpha value is -2.63. The van der Waals surface area contributed by atoms with Crippen LogP contribution in [0.1, 0.15) is 21.7 Å². The van der Waals surface area contributed by atoms with Gasteiger partial charge >= 0.3 is 0 Å². The highest BCUT2D eigenvalue weighted by molar-refractivity contribution is 6.39. The molecule has 1 aliphatic rings. The number of hydrogen-bond acceptors (Lipinski definition) is 4. The average molecular weight is 414 g/mol. The number of amidine groups is 1. The molecule has 2 heterocycles. The number of aryl methyl sites for hydroxylation is 1. The number of benzene rings is 2. The summed E-state index contributed by atoms with van der Waals surface area (Å²) in [4.78, 5) is 19.6. The van der Waals surface area contributed by atoms with Crippen molar-refractivity contribution < 1.29 is 9.32 Å². The summed E-state index contributed by atoms with van der Waals surface area (Å²) in [7, 11) is 0. The van der Waals surface area contributed by atoms with Crippen LogP contribution in [0, 0.1) is 6.92 Å². The number of carbonyl (C=O) groups is 1. The zero-order valence-corrected chi connectivity index (χ0v) is 16.7. The summed E-state index contributed by atoms with van der Waals surface area (Å²) in [6, 6.07) is 15.1. The van der Waals surface area contributed by atoms with Crippen molar-refractivity contribution in [2.45, 2.75) is 13.3 Å². The molecule has 0 bridgehead atoms. The van der Waals surface area contributed by atoms with Crippen LogP contribution >= 0.6 is 23.2 Å². The van der Waals surface area contributed by atoms with Gasteiger partial charge in [0.2, 0.25) is 0 Å². The number of rotatable bonds is 4. The third-order valence-electron chi connectivity index (χ3n) is 4.66. The van der Waals surface area contributed by atoms with Gasteiger partial charge in [-0.3, -0.25) is 14.7 Å².